The first-order chi connectivity index (χ1) is 14.5. The summed E-state index contributed by atoms with van der Waals surface area (Å²) in [5.41, 5.74) is 8.32. The Morgan fingerprint density at radius 2 is 1.77 bits per heavy atom. The highest BCUT2D eigenvalue weighted by atomic mass is 35.5. The van der Waals surface area contributed by atoms with E-state index in [0.717, 1.165) is 44.0 Å². The van der Waals surface area contributed by atoms with Crippen molar-refractivity contribution in [2.24, 2.45) is 5.10 Å². The van der Waals surface area contributed by atoms with Gasteiger partial charge in [-0.2, -0.15) is 5.10 Å². The van der Waals surface area contributed by atoms with E-state index in [4.69, 9.17) is 11.6 Å². The van der Waals surface area contributed by atoms with Crippen LogP contribution in [0.4, 0.5) is 0 Å². The van der Waals surface area contributed by atoms with Crippen LogP contribution in [0.2, 0.25) is 5.02 Å². The Morgan fingerprint density at radius 3 is 2.57 bits per heavy atom. The van der Waals surface area contributed by atoms with Crippen LogP contribution in [0.25, 0.3) is 16.5 Å². The summed E-state index contributed by atoms with van der Waals surface area (Å²) in [5, 5.41) is 6.86. The van der Waals surface area contributed by atoms with Gasteiger partial charge in [0.05, 0.1) is 6.21 Å². The smallest absolute Gasteiger partial charge is 0.271 e. The SMILES string of the molecule is Cc1ccc(-n2c(C)cc(/C=N\NC(=O)c3cccc4ccccc34)c2C)cc1Cl. The van der Waals surface area contributed by atoms with E-state index in [-0.39, 0.29) is 5.91 Å². The lowest BCUT2D eigenvalue weighted by Crippen LogP contribution is -2.18. The number of benzene rings is 3. The molecule has 0 aliphatic heterocycles. The minimum absolute atomic E-state index is 0.234. The highest BCUT2D eigenvalue weighted by Gasteiger charge is 2.11. The van der Waals surface area contributed by atoms with Crippen molar-refractivity contribution in [3.8, 4) is 5.69 Å². The molecule has 1 heterocycles. The van der Waals surface area contributed by atoms with E-state index < -0.39 is 0 Å². The Bertz CT molecular complexity index is 1280. The van der Waals surface area contributed by atoms with Gasteiger partial charge in [-0.25, -0.2) is 5.43 Å². The Balaban J connectivity index is 1.57. The molecule has 0 aliphatic rings. The molecule has 0 saturated heterocycles. The molecule has 4 aromatic rings. The summed E-state index contributed by atoms with van der Waals surface area (Å²) in [7, 11) is 0. The van der Waals surface area contributed by atoms with Crippen LogP contribution in [0, 0.1) is 20.8 Å². The molecule has 0 spiro atoms. The van der Waals surface area contributed by atoms with Gasteiger partial charge in [0.1, 0.15) is 0 Å². The number of rotatable bonds is 4. The summed E-state index contributed by atoms with van der Waals surface area (Å²) in [6.07, 6.45) is 1.68. The molecule has 0 aliphatic carbocycles. The minimum Gasteiger partial charge on any atom is -0.318 e. The first kappa shape index (κ1) is 19.9. The van der Waals surface area contributed by atoms with Gasteiger partial charge in [0.15, 0.2) is 0 Å². The van der Waals surface area contributed by atoms with Crippen molar-refractivity contribution >= 4 is 34.5 Å². The fourth-order valence-electron chi connectivity index (χ4n) is 3.68. The Morgan fingerprint density at radius 1 is 1.00 bits per heavy atom. The lowest BCUT2D eigenvalue weighted by atomic mass is 10.0. The third-order valence-electron chi connectivity index (χ3n) is 5.29. The van der Waals surface area contributed by atoms with Gasteiger partial charge in [0, 0.05) is 33.2 Å². The molecule has 0 fully saturated rings. The number of halogens is 1. The van der Waals surface area contributed by atoms with Crippen LogP contribution in [0.15, 0.2) is 71.8 Å². The Kier molecular flexibility index (Phi) is 5.42. The highest BCUT2D eigenvalue weighted by Crippen LogP contribution is 2.24. The molecule has 0 bridgehead atoms. The molecule has 30 heavy (non-hydrogen) atoms. The van der Waals surface area contributed by atoms with E-state index in [0.29, 0.717) is 5.56 Å². The van der Waals surface area contributed by atoms with Crippen LogP contribution in [-0.2, 0) is 0 Å². The largest absolute Gasteiger partial charge is 0.318 e. The second-order valence-corrected chi connectivity index (χ2v) is 7.73. The first-order valence-corrected chi connectivity index (χ1v) is 10.1. The van der Waals surface area contributed by atoms with Crippen molar-refractivity contribution in [1.82, 2.24) is 9.99 Å². The molecule has 4 nitrogen and oxygen atoms in total. The number of nitrogens with one attached hydrogen (secondary N) is 1. The molecule has 3 aromatic carbocycles. The normalized spacial score (nSPS) is 11.3. The lowest BCUT2D eigenvalue weighted by molar-refractivity contribution is 0.0957. The van der Waals surface area contributed by atoms with Crippen LogP contribution < -0.4 is 5.43 Å². The van der Waals surface area contributed by atoms with E-state index in [1.807, 2.05) is 81.4 Å². The molecule has 0 saturated carbocycles. The maximum absolute atomic E-state index is 12.7. The number of carbonyl (C=O) groups excluding carboxylic acids is 1. The van der Waals surface area contributed by atoms with Crippen LogP contribution in [0.1, 0.15) is 32.9 Å². The van der Waals surface area contributed by atoms with Crippen molar-refractivity contribution in [3.05, 3.63) is 99.8 Å². The zero-order valence-electron chi connectivity index (χ0n) is 17.1. The maximum Gasteiger partial charge on any atom is 0.271 e. The molecule has 5 heteroatoms. The molecule has 150 valence electrons. The number of hydrazone groups is 1. The summed E-state index contributed by atoms with van der Waals surface area (Å²) in [6, 6.07) is 21.5. The van der Waals surface area contributed by atoms with E-state index in [2.05, 4.69) is 15.1 Å². The third kappa shape index (κ3) is 3.74. The van der Waals surface area contributed by atoms with E-state index in [9.17, 15) is 4.79 Å². The van der Waals surface area contributed by atoms with Crippen LogP contribution in [0.5, 0.6) is 0 Å². The van der Waals surface area contributed by atoms with Crippen LogP contribution >= 0.6 is 11.6 Å². The Hall–Kier alpha value is -3.37. The van der Waals surface area contributed by atoms with Crippen molar-refractivity contribution in [2.45, 2.75) is 20.8 Å². The number of carbonyl (C=O) groups is 1. The van der Waals surface area contributed by atoms with Gasteiger partial charge in [-0.1, -0.05) is 54.1 Å². The third-order valence-corrected chi connectivity index (χ3v) is 5.70. The maximum atomic E-state index is 12.7. The Labute approximate surface area is 180 Å². The van der Waals surface area contributed by atoms with Gasteiger partial charge >= 0.3 is 0 Å². The monoisotopic (exact) mass is 415 g/mol. The second-order valence-electron chi connectivity index (χ2n) is 7.32. The van der Waals surface area contributed by atoms with Crippen LogP contribution in [-0.4, -0.2) is 16.7 Å². The molecule has 0 unspecified atom stereocenters. The van der Waals surface area contributed by atoms with Crippen molar-refractivity contribution in [1.29, 1.82) is 0 Å². The van der Waals surface area contributed by atoms with Crippen molar-refractivity contribution < 1.29 is 4.79 Å². The lowest BCUT2D eigenvalue weighted by Gasteiger charge is -2.11. The summed E-state index contributed by atoms with van der Waals surface area (Å²) in [4.78, 5) is 12.7. The molecule has 1 amide bonds. The predicted molar refractivity (Wildman–Crippen MR) is 124 cm³/mol. The number of nitrogens with zero attached hydrogens (tertiary/aromatic N) is 2. The van der Waals surface area contributed by atoms with Gasteiger partial charge in [0.25, 0.3) is 5.91 Å². The van der Waals surface area contributed by atoms with Gasteiger partial charge in [-0.15, -0.1) is 0 Å². The number of fused-ring (bicyclic) bond motifs is 1. The van der Waals surface area contributed by atoms with Crippen LogP contribution in [0.3, 0.4) is 0 Å². The van der Waals surface area contributed by atoms with Gasteiger partial charge < -0.3 is 4.57 Å². The molecule has 4 rings (SSSR count). The van der Waals surface area contributed by atoms with E-state index in [1.54, 1.807) is 12.3 Å². The highest BCUT2D eigenvalue weighted by molar-refractivity contribution is 6.31. The number of aryl methyl sites for hydroxylation is 2. The van der Waals surface area contributed by atoms with E-state index >= 15 is 0 Å². The second kappa shape index (κ2) is 8.17. The first-order valence-electron chi connectivity index (χ1n) is 9.72. The molecule has 1 aromatic heterocycles. The number of aromatic nitrogens is 1. The fourth-order valence-corrected chi connectivity index (χ4v) is 3.86. The van der Waals surface area contributed by atoms with Gasteiger partial charge in [-0.05, 0) is 61.4 Å². The molecule has 0 atom stereocenters. The zero-order valence-corrected chi connectivity index (χ0v) is 17.9. The average Bonchev–Trinajstić information content (AvgIpc) is 3.02. The summed E-state index contributed by atoms with van der Waals surface area (Å²) < 4.78 is 2.12. The number of hydrogen-bond donors (Lipinski definition) is 1. The molecular weight excluding hydrogens is 394 g/mol. The number of amides is 1. The van der Waals surface area contributed by atoms with Crippen molar-refractivity contribution in [2.75, 3.05) is 0 Å². The average molecular weight is 416 g/mol. The standard InChI is InChI=1S/C25H22ClN3O/c1-16-11-12-21(14-24(16)26)29-17(2)13-20(18(29)3)15-27-28-25(30)23-10-6-8-19-7-4-5-9-22(19)23/h4-15H,1-3H3,(H,28,30)/b27-15-. The topological polar surface area (TPSA) is 46.4 Å². The summed E-state index contributed by atoms with van der Waals surface area (Å²) in [5.74, 6) is -0.234. The molecular formula is C25H22ClN3O. The van der Waals surface area contributed by atoms with E-state index in [1.165, 1.54) is 0 Å². The quantitative estimate of drug-likeness (QED) is 0.323. The predicted octanol–water partition coefficient (Wildman–Crippen LogP) is 5.97. The number of hydrogen-bond acceptors (Lipinski definition) is 2. The molecule has 0 radical (unpaired) electrons. The van der Waals surface area contributed by atoms with Gasteiger partial charge in [-0.3, -0.25) is 4.79 Å². The minimum atomic E-state index is -0.234. The van der Waals surface area contributed by atoms with Crippen molar-refractivity contribution in [3.63, 3.8) is 0 Å². The van der Waals surface area contributed by atoms with Gasteiger partial charge in [0.2, 0.25) is 0 Å². The summed E-state index contributed by atoms with van der Waals surface area (Å²) >= 11 is 6.31. The fraction of sp³-hybridized carbons (Fsp3) is 0.120. The zero-order chi connectivity index (χ0) is 21.3. The molecule has 1 N–H and O–H groups in total. The summed E-state index contributed by atoms with van der Waals surface area (Å²) in [6.45, 7) is 6.04.